The summed E-state index contributed by atoms with van der Waals surface area (Å²) in [5.41, 5.74) is 1.78. The average Bonchev–Trinajstić information content (AvgIpc) is 2.45. The fourth-order valence-electron chi connectivity index (χ4n) is 1.95. The highest BCUT2D eigenvalue weighted by Crippen LogP contribution is 2.27. The van der Waals surface area contributed by atoms with Crippen LogP contribution in [0.2, 0.25) is 0 Å². The van der Waals surface area contributed by atoms with Crippen LogP contribution in [0.1, 0.15) is 24.1 Å². The Hall–Kier alpha value is -2.27. The normalized spacial score (nSPS) is 12.1. The van der Waals surface area contributed by atoms with E-state index in [9.17, 15) is 10.2 Å². The molecule has 0 fully saturated rings. The Kier molecular flexibility index (Phi) is 4.42. The number of benzene rings is 1. The van der Waals surface area contributed by atoms with Crippen LogP contribution in [0.4, 0.5) is 0 Å². The number of ether oxygens (including phenoxy) is 1. The molecule has 106 valence electrons. The van der Waals surface area contributed by atoms with E-state index in [1.54, 1.807) is 25.4 Å². The molecule has 0 amide bonds. The summed E-state index contributed by atoms with van der Waals surface area (Å²) in [6, 6.07) is 8.31. The number of nitrogens with zero attached hydrogens (tertiary/aromatic N) is 1. The third-order valence-electron chi connectivity index (χ3n) is 3.10. The predicted octanol–water partition coefficient (Wildman–Crippen LogP) is 2.35. The smallest absolute Gasteiger partial charge is 0.213 e. The summed E-state index contributed by atoms with van der Waals surface area (Å²) in [6.07, 6.45) is 1.69. The number of methoxy groups -OCH3 is 1. The standard InChI is InChI=1S/C15H18N2O3/c1-10(13-4-3-12(18)8-14(13)19)17-9-11-5-6-16-15(7-11)20-2/h3-8,10,17-19H,9H2,1-2H3. The molecule has 0 aliphatic rings. The van der Waals surface area contributed by atoms with Gasteiger partial charge in [-0.1, -0.05) is 6.07 Å². The molecule has 2 rings (SSSR count). The molecule has 2 aromatic rings. The predicted molar refractivity (Wildman–Crippen MR) is 75.8 cm³/mol. The second-order valence-corrected chi connectivity index (χ2v) is 4.55. The Labute approximate surface area is 117 Å². The molecule has 5 heteroatoms. The fraction of sp³-hybridized carbons (Fsp3) is 0.267. The molecule has 0 radical (unpaired) electrons. The van der Waals surface area contributed by atoms with Crippen molar-refractivity contribution in [3.05, 3.63) is 47.7 Å². The van der Waals surface area contributed by atoms with Gasteiger partial charge in [-0.3, -0.25) is 0 Å². The van der Waals surface area contributed by atoms with Crippen LogP contribution < -0.4 is 10.1 Å². The fourth-order valence-corrected chi connectivity index (χ4v) is 1.95. The quantitative estimate of drug-likeness (QED) is 0.780. The molecule has 0 spiro atoms. The number of hydrogen-bond donors (Lipinski definition) is 3. The van der Waals surface area contributed by atoms with Crippen molar-refractivity contribution < 1.29 is 14.9 Å². The van der Waals surface area contributed by atoms with Crippen molar-refractivity contribution in [1.29, 1.82) is 0 Å². The van der Waals surface area contributed by atoms with Crippen molar-refractivity contribution >= 4 is 0 Å². The first-order chi connectivity index (χ1) is 9.60. The summed E-state index contributed by atoms with van der Waals surface area (Å²) in [5, 5.41) is 22.4. The number of phenolic OH excluding ortho intramolecular Hbond substituents is 2. The van der Waals surface area contributed by atoms with Crippen LogP contribution in [0, 0.1) is 0 Å². The summed E-state index contributed by atoms with van der Waals surface area (Å²) < 4.78 is 5.07. The van der Waals surface area contributed by atoms with Gasteiger partial charge in [-0.2, -0.15) is 0 Å². The summed E-state index contributed by atoms with van der Waals surface area (Å²) >= 11 is 0. The molecule has 20 heavy (non-hydrogen) atoms. The van der Waals surface area contributed by atoms with Gasteiger partial charge in [-0.05, 0) is 24.6 Å². The number of hydrogen-bond acceptors (Lipinski definition) is 5. The zero-order chi connectivity index (χ0) is 14.5. The molecule has 0 aliphatic heterocycles. The largest absolute Gasteiger partial charge is 0.508 e. The van der Waals surface area contributed by atoms with E-state index in [2.05, 4.69) is 10.3 Å². The van der Waals surface area contributed by atoms with Gasteiger partial charge in [0, 0.05) is 36.5 Å². The van der Waals surface area contributed by atoms with E-state index in [1.807, 2.05) is 19.1 Å². The molecule has 1 aromatic carbocycles. The van der Waals surface area contributed by atoms with Crippen LogP contribution in [-0.4, -0.2) is 22.3 Å². The molecule has 1 heterocycles. The molecule has 0 saturated carbocycles. The first kappa shape index (κ1) is 14.1. The van der Waals surface area contributed by atoms with Crippen LogP contribution in [0.5, 0.6) is 17.4 Å². The Morgan fingerprint density at radius 3 is 2.75 bits per heavy atom. The molecule has 1 atom stereocenters. The maximum Gasteiger partial charge on any atom is 0.213 e. The number of aromatic nitrogens is 1. The van der Waals surface area contributed by atoms with E-state index < -0.39 is 0 Å². The zero-order valence-electron chi connectivity index (χ0n) is 11.5. The number of pyridine rings is 1. The third kappa shape index (κ3) is 3.39. The lowest BCUT2D eigenvalue weighted by Crippen LogP contribution is -2.18. The van der Waals surface area contributed by atoms with Crippen molar-refractivity contribution in [2.75, 3.05) is 7.11 Å². The van der Waals surface area contributed by atoms with Gasteiger partial charge in [0.25, 0.3) is 0 Å². The van der Waals surface area contributed by atoms with Gasteiger partial charge in [0.2, 0.25) is 5.88 Å². The van der Waals surface area contributed by atoms with Crippen LogP contribution in [-0.2, 0) is 6.54 Å². The average molecular weight is 274 g/mol. The minimum atomic E-state index is -0.0465. The van der Waals surface area contributed by atoms with E-state index in [4.69, 9.17) is 4.74 Å². The second-order valence-electron chi connectivity index (χ2n) is 4.55. The summed E-state index contributed by atoms with van der Waals surface area (Å²) in [5.74, 6) is 0.707. The van der Waals surface area contributed by atoms with Gasteiger partial charge in [0.15, 0.2) is 0 Å². The van der Waals surface area contributed by atoms with Gasteiger partial charge in [-0.15, -0.1) is 0 Å². The van der Waals surface area contributed by atoms with Crippen LogP contribution in [0.25, 0.3) is 0 Å². The van der Waals surface area contributed by atoms with E-state index in [1.165, 1.54) is 6.07 Å². The highest BCUT2D eigenvalue weighted by Gasteiger charge is 2.10. The first-order valence-electron chi connectivity index (χ1n) is 6.34. The monoisotopic (exact) mass is 274 g/mol. The van der Waals surface area contributed by atoms with Crippen LogP contribution in [0.15, 0.2) is 36.5 Å². The lowest BCUT2D eigenvalue weighted by molar-refractivity contribution is 0.396. The highest BCUT2D eigenvalue weighted by molar-refractivity contribution is 5.40. The van der Waals surface area contributed by atoms with Crippen LogP contribution >= 0.6 is 0 Å². The molecule has 5 nitrogen and oxygen atoms in total. The van der Waals surface area contributed by atoms with Crippen molar-refractivity contribution in [2.45, 2.75) is 19.5 Å². The number of rotatable bonds is 5. The highest BCUT2D eigenvalue weighted by atomic mass is 16.5. The molecule has 0 saturated heterocycles. The first-order valence-corrected chi connectivity index (χ1v) is 6.34. The third-order valence-corrected chi connectivity index (χ3v) is 3.10. The summed E-state index contributed by atoms with van der Waals surface area (Å²) in [6.45, 7) is 2.57. The minimum Gasteiger partial charge on any atom is -0.508 e. The van der Waals surface area contributed by atoms with Gasteiger partial charge in [0.1, 0.15) is 11.5 Å². The summed E-state index contributed by atoms with van der Waals surface area (Å²) in [4.78, 5) is 4.05. The Balaban J connectivity index is 2.02. The van der Waals surface area contributed by atoms with Gasteiger partial charge in [0.05, 0.1) is 7.11 Å². The van der Waals surface area contributed by atoms with Crippen molar-refractivity contribution in [3.63, 3.8) is 0 Å². The number of nitrogens with one attached hydrogen (secondary N) is 1. The second kappa shape index (κ2) is 6.25. The SMILES string of the molecule is COc1cc(CNC(C)c2ccc(O)cc2O)ccn1. The van der Waals surface area contributed by atoms with E-state index in [-0.39, 0.29) is 17.5 Å². The van der Waals surface area contributed by atoms with E-state index in [0.29, 0.717) is 12.4 Å². The lowest BCUT2D eigenvalue weighted by atomic mass is 10.1. The molecular weight excluding hydrogens is 256 g/mol. The Morgan fingerprint density at radius 2 is 2.05 bits per heavy atom. The van der Waals surface area contributed by atoms with Crippen molar-refractivity contribution in [2.24, 2.45) is 0 Å². The molecule has 0 bridgehead atoms. The molecule has 1 unspecified atom stereocenters. The van der Waals surface area contributed by atoms with Gasteiger partial charge in [-0.25, -0.2) is 4.98 Å². The van der Waals surface area contributed by atoms with Crippen molar-refractivity contribution in [1.82, 2.24) is 10.3 Å². The minimum absolute atomic E-state index is 0.0465. The van der Waals surface area contributed by atoms with Crippen molar-refractivity contribution in [3.8, 4) is 17.4 Å². The maximum absolute atomic E-state index is 9.81. The number of aromatic hydroxyl groups is 2. The summed E-state index contributed by atoms with van der Waals surface area (Å²) in [7, 11) is 1.58. The topological polar surface area (TPSA) is 74.6 Å². The number of phenols is 2. The van der Waals surface area contributed by atoms with Gasteiger partial charge < -0.3 is 20.3 Å². The molecular formula is C15H18N2O3. The van der Waals surface area contributed by atoms with Gasteiger partial charge >= 0.3 is 0 Å². The molecule has 1 aromatic heterocycles. The lowest BCUT2D eigenvalue weighted by Gasteiger charge is -2.16. The maximum atomic E-state index is 9.81. The Bertz CT molecular complexity index is 587. The van der Waals surface area contributed by atoms with E-state index in [0.717, 1.165) is 11.1 Å². The van der Waals surface area contributed by atoms with Crippen LogP contribution in [0.3, 0.4) is 0 Å². The zero-order valence-corrected chi connectivity index (χ0v) is 11.5. The Morgan fingerprint density at radius 1 is 1.25 bits per heavy atom. The van der Waals surface area contributed by atoms with E-state index >= 15 is 0 Å². The molecule has 3 N–H and O–H groups in total. The molecule has 0 aliphatic carbocycles.